The van der Waals surface area contributed by atoms with E-state index in [1.807, 2.05) is 60.7 Å². The van der Waals surface area contributed by atoms with E-state index in [-0.39, 0.29) is 19.8 Å². The number of rotatable bonds is 9. The van der Waals surface area contributed by atoms with Crippen LogP contribution in [0.15, 0.2) is 82.5 Å². The molecule has 1 fully saturated rings. The Bertz CT molecular complexity index is 1330. The number of terminal acetylenes is 1. The van der Waals surface area contributed by atoms with Gasteiger partial charge in [0.05, 0.1) is 19.8 Å². The maximum Gasteiger partial charge on any atom is 0.330 e. The lowest BCUT2D eigenvalue weighted by Gasteiger charge is -2.30. The van der Waals surface area contributed by atoms with E-state index in [1.54, 1.807) is 0 Å². The van der Waals surface area contributed by atoms with Gasteiger partial charge in [-0.1, -0.05) is 66.6 Å². The minimum atomic E-state index is -1.51. The summed E-state index contributed by atoms with van der Waals surface area (Å²) in [6.07, 6.45) is 3.97. The number of benzene rings is 2. The summed E-state index contributed by atoms with van der Waals surface area (Å²) in [5, 5.41) is 0. The predicted molar refractivity (Wildman–Crippen MR) is 130 cm³/mol. The van der Waals surface area contributed by atoms with E-state index in [2.05, 4.69) is 10.9 Å². The number of hydrogen-bond donors (Lipinski definition) is 1. The van der Waals surface area contributed by atoms with Crippen molar-refractivity contribution in [1.82, 2.24) is 9.55 Å². The molecule has 4 rings (SSSR count). The topological polar surface area (TPSA) is 109 Å². The normalized spacial score (nSPS) is 23.2. The number of H-pyrrole nitrogens is 1. The Kier molecular flexibility index (Phi) is 7.80. The summed E-state index contributed by atoms with van der Waals surface area (Å²) in [4.78, 5) is 38.5. The average molecular weight is 491 g/mol. The number of esters is 1. The Labute approximate surface area is 207 Å². The van der Waals surface area contributed by atoms with Gasteiger partial charge in [-0.2, -0.15) is 0 Å². The minimum Gasteiger partial charge on any atom is -0.455 e. The molecule has 0 radical (unpaired) electrons. The van der Waals surface area contributed by atoms with Crippen LogP contribution in [0.3, 0.4) is 0 Å². The molecule has 9 nitrogen and oxygen atoms in total. The number of ether oxygens (including phenoxy) is 4. The van der Waals surface area contributed by atoms with Crippen molar-refractivity contribution in [1.29, 1.82) is 0 Å². The Morgan fingerprint density at radius 2 is 1.69 bits per heavy atom. The summed E-state index contributed by atoms with van der Waals surface area (Å²) in [6.45, 7) is 1.52. The lowest BCUT2D eigenvalue weighted by atomic mass is 9.96. The third kappa shape index (κ3) is 5.63. The van der Waals surface area contributed by atoms with E-state index in [1.165, 1.54) is 13.1 Å². The van der Waals surface area contributed by atoms with Crippen molar-refractivity contribution in [3.8, 4) is 12.3 Å². The zero-order chi connectivity index (χ0) is 25.5. The standard InChI is InChI=1S/C27H26N2O7/c1-3-27(18-33-16-20-10-6-4-7-11-20)24(34-17-21-12-8-5-9-13-21)23(35-19(2)30)25(36-27)29-15-14-22(31)28-26(29)32/h1,4-15,23-25H,16-18H2,2H3,(H,28,31,32)/t23-,24+,25-,27-/m1/s1. The molecule has 0 amide bonds. The molecule has 0 bridgehead atoms. The summed E-state index contributed by atoms with van der Waals surface area (Å²) in [5.41, 5.74) is -1.05. The second-order valence-electron chi connectivity index (χ2n) is 8.33. The van der Waals surface area contributed by atoms with Crippen molar-refractivity contribution in [3.05, 3.63) is 105 Å². The van der Waals surface area contributed by atoms with Crippen LogP contribution in [0, 0.1) is 12.3 Å². The third-order valence-corrected chi connectivity index (χ3v) is 5.74. The van der Waals surface area contributed by atoms with Gasteiger partial charge in [0.25, 0.3) is 5.56 Å². The third-order valence-electron chi connectivity index (χ3n) is 5.74. The van der Waals surface area contributed by atoms with Crippen LogP contribution in [-0.2, 0) is 37.0 Å². The first-order valence-corrected chi connectivity index (χ1v) is 11.3. The fraction of sp³-hybridized carbons (Fsp3) is 0.296. The molecule has 0 unspecified atom stereocenters. The van der Waals surface area contributed by atoms with Crippen LogP contribution in [-0.4, -0.2) is 39.9 Å². The molecule has 1 aliphatic rings. The van der Waals surface area contributed by atoms with Crippen LogP contribution in [0.4, 0.5) is 0 Å². The molecule has 9 heteroatoms. The predicted octanol–water partition coefficient (Wildman–Crippen LogP) is 2.17. The molecule has 0 aliphatic carbocycles. The van der Waals surface area contributed by atoms with Crippen LogP contribution >= 0.6 is 0 Å². The van der Waals surface area contributed by atoms with Crippen molar-refractivity contribution in [2.45, 2.75) is 44.2 Å². The first-order chi connectivity index (χ1) is 17.4. The molecule has 1 aromatic heterocycles. The zero-order valence-electron chi connectivity index (χ0n) is 19.7. The van der Waals surface area contributed by atoms with E-state index in [0.717, 1.165) is 21.8 Å². The number of carbonyl (C=O) groups excluding carboxylic acids is 1. The SMILES string of the molecule is C#C[C@]1(COCc2ccccc2)O[C@@H](n2ccc(=O)[nH]c2=O)[C@H](OC(C)=O)[C@@H]1OCc1ccccc1. The van der Waals surface area contributed by atoms with Crippen molar-refractivity contribution in [2.24, 2.45) is 0 Å². The van der Waals surface area contributed by atoms with Crippen molar-refractivity contribution >= 4 is 5.97 Å². The summed E-state index contributed by atoms with van der Waals surface area (Å²) in [7, 11) is 0. The molecule has 1 saturated heterocycles. The molecule has 186 valence electrons. The van der Waals surface area contributed by atoms with Gasteiger partial charge in [-0.05, 0) is 11.1 Å². The van der Waals surface area contributed by atoms with Crippen molar-refractivity contribution < 1.29 is 23.7 Å². The second kappa shape index (κ2) is 11.2. The van der Waals surface area contributed by atoms with E-state index >= 15 is 0 Å². The van der Waals surface area contributed by atoms with Crippen LogP contribution in [0.25, 0.3) is 0 Å². The van der Waals surface area contributed by atoms with Gasteiger partial charge in [0.1, 0.15) is 6.10 Å². The highest BCUT2D eigenvalue weighted by molar-refractivity contribution is 5.66. The Morgan fingerprint density at radius 3 is 2.28 bits per heavy atom. The van der Waals surface area contributed by atoms with Crippen LogP contribution in [0.2, 0.25) is 0 Å². The van der Waals surface area contributed by atoms with Gasteiger partial charge >= 0.3 is 11.7 Å². The van der Waals surface area contributed by atoms with Gasteiger partial charge in [0, 0.05) is 19.2 Å². The number of aromatic amines is 1. The molecule has 2 aromatic carbocycles. The number of aromatic nitrogens is 2. The summed E-state index contributed by atoms with van der Waals surface area (Å²) < 4.78 is 25.1. The Hall–Kier alpha value is -3.97. The van der Waals surface area contributed by atoms with E-state index in [4.69, 9.17) is 25.4 Å². The van der Waals surface area contributed by atoms with Gasteiger partial charge in [-0.25, -0.2) is 4.79 Å². The number of carbonyl (C=O) groups is 1. The summed E-state index contributed by atoms with van der Waals surface area (Å²) in [6, 6.07) is 20.0. The van der Waals surface area contributed by atoms with Gasteiger partial charge < -0.3 is 18.9 Å². The molecule has 1 aliphatic heterocycles. The van der Waals surface area contributed by atoms with Crippen LogP contribution in [0.5, 0.6) is 0 Å². The quantitative estimate of drug-likeness (QED) is 0.362. The first kappa shape index (κ1) is 25.1. The van der Waals surface area contributed by atoms with Crippen molar-refractivity contribution in [3.63, 3.8) is 0 Å². The van der Waals surface area contributed by atoms with E-state index in [9.17, 15) is 14.4 Å². The first-order valence-electron chi connectivity index (χ1n) is 11.3. The highest BCUT2D eigenvalue weighted by Crippen LogP contribution is 2.41. The lowest BCUT2D eigenvalue weighted by Crippen LogP contribution is -2.48. The highest BCUT2D eigenvalue weighted by Gasteiger charge is 2.58. The molecule has 1 N–H and O–H groups in total. The average Bonchev–Trinajstić information content (AvgIpc) is 3.16. The largest absolute Gasteiger partial charge is 0.455 e. The van der Waals surface area contributed by atoms with Gasteiger partial charge in [-0.3, -0.25) is 19.1 Å². The molecular weight excluding hydrogens is 464 g/mol. The van der Waals surface area contributed by atoms with E-state index < -0.39 is 41.3 Å². The molecule has 36 heavy (non-hydrogen) atoms. The fourth-order valence-corrected chi connectivity index (χ4v) is 4.08. The van der Waals surface area contributed by atoms with Crippen LogP contribution < -0.4 is 11.2 Å². The van der Waals surface area contributed by atoms with E-state index in [0.29, 0.717) is 0 Å². The molecule has 0 spiro atoms. The monoisotopic (exact) mass is 490 g/mol. The molecular formula is C27H26N2O7. The Morgan fingerprint density at radius 1 is 1.06 bits per heavy atom. The van der Waals surface area contributed by atoms with Crippen molar-refractivity contribution in [2.75, 3.05) is 6.61 Å². The smallest absolute Gasteiger partial charge is 0.330 e. The summed E-state index contributed by atoms with van der Waals surface area (Å²) >= 11 is 0. The summed E-state index contributed by atoms with van der Waals surface area (Å²) in [5.74, 6) is 2.02. The highest BCUT2D eigenvalue weighted by atomic mass is 16.6. The maximum atomic E-state index is 12.6. The fourth-order valence-electron chi connectivity index (χ4n) is 4.08. The molecule has 2 heterocycles. The Balaban J connectivity index is 1.68. The molecule has 4 atom stereocenters. The maximum absolute atomic E-state index is 12.6. The van der Waals surface area contributed by atoms with Crippen LogP contribution in [0.1, 0.15) is 24.3 Å². The lowest BCUT2D eigenvalue weighted by molar-refractivity contribution is -0.158. The zero-order valence-corrected chi connectivity index (χ0v) is 19.7. The number of nitrogens with zero attached hydrogens (tertiary/aromatic N) is 1. The number of hydrogen-bond acceptors (Lipinski definition) is 7. The minimum absolute atomic E-state index is 0.107. The van der Waals surface area contributed by atoms with Gasteiger partial charge in [0.15, 0.2) is 17.9 Å². The van der Waals surface area contributed by atoms with Gasteiger partial charge in [-0.15, -0.1) is 6.42 Å². The molecule has 3 aromatic rings. The number of nitrogens with one attached hydrogen (secondary N) is 1. The second-order valence-corrected chi connectivity index (χ2v) is 8.33. The van der Waals surface area contributed by atoms with Gasteiger partial charge in [0.2, 0.25) is 0 Å². The molecule has 0 saturated carbocycles.